The van der Waals surface area contributed by atoms with Gasteiger partial charge in [-0.25, -0.2) is 9.37 Å². The van der Waals surface area contributed by atoms with Crippen LogP contribution in [0.25, 0.3) is 0 Å². The second kappa shape index (κ2) is 8.80. The van der Waals surface area contributed by atoms with Gasteiger partial charge in [0.2, 0.25) is 5.91 Å². The molecule has 0 aliphatic heterocycles. The van der Waals surface area contributed by atoms with Gasteiger partial charge in [-0.1, -0.05) is 23.9 Å². The van der Waals surface area contributed by atoms with E-state index in [9.17, 15) is 14.0 Å². The first-order chi connectivity index (χ1) is 11.9. The number of nitrogens with one attached hydrogen (secondary N) is 1. The molecule has 25 heavy (non-hydrogen) atoms. The Bertz CT molecular complexity index is 807. The predicted octanol–water partition coefficient (Wildman–Crippen LogP) is 2.92. The van der Waals surface area contributed by atoms with Gasteiger partial charge in [0, 0.05) is 30.8 Å². The third-order valence-corrected chi connectivity index (χ3v) is 4.56. The maximum Gasteiger partial charge on any atom is 0.254 e. The van der Waals surface area contributed by atoms with Crippen molar-refractivity contribution >= 4 is 17.7 Å². The van der Waals surface area contributed by atoms with Gasteiger partial charge in [-0.05, 0) is 44.2 Å². The van der Waals surface area contributed by atoms with E-state index < -0.39 is 0 Å². The van der Waals surface area contributed by atoms with Crippen LogP contribution in [-0.4, -0.2) is 33.6 Å². The highest BCUT2D eigenvalue weighted by atomic mass is 32.2. The van der Waals surface area contributed by atoms with Gasteiger partial charge >= 0.3 is 0 Å². The van der Waals surface area contributed by atoms with E-state index in [1.807, 2.05) is 13.2 Å². The van der Waals surface area contributed by atoms with Crippen molar-refractivity contribution in [2.75, 3.05) is 12.8 Å². The van der Waals surface area contributed by atoms with E-state index in [1.54, 1.807) is 24.0 Å². The van der Waals surface area contributed by atoms with E-state index in [4.69, 9.17) is 0 Å². The molecule has 5 nitrogen and oxygen atoms in total. The number of rotatable bonds is 7. The molecule has 2 rings (SSSR count). The van der Waals surface area contributed by atoms with Gasteiger partial charge in [0.1, 0.15) is 5.82 Å². The van der Waals surface area contributed by atoms with Gasteiger partial charge < -0.3 is 9.88 Å². The summed E-state index contributed by atoms with van der Waals surface area (Å²) in [6, 6.07) is 6.22. The highest BCUT2D eigenvalue weighted by molar-refractivity contribution is 7.98. The van der Waals surface area contributed by atoms with E-state index in [2.05, 4.69) is 9.97 Å². The molecule has 2 aromatic rings. The number of H-pyrrole nitrogens is 1. The SMILES string of the molecule is CCN(Cc1cccc(F)c1)C(=O)CCc1c(C)nc(SC)[nH]c1=O. The Morgan fingerprint density at radius 1 is 1.40 bits per heavy atom. The van der Waals surface area contributed by atoms with Gasteiger partial charge in [-0.15, -0.1) is 0 Å². The summed E-state index contributed by atoms with van der Waals surface area (Å²) in [5, 5.41) is 0.568. The topological polar surface area (TPSA) is 66.1 Å². The molecule has 1 heterocycles. The summed E-state index contributed by atoms with van der Waals surface area (Å²) in [5.74, 6) is -0.386. The molecular formula is C18H22FN3O2S. The van der Waals surface area contributed by atoms with Crippen LogP contribution in [-0.2, 0) is 17.8 Å². The van der Waals surface area contributed by atoms with Crippen molar-refractivity contribution < 1.29 is 9.18 Å². The lowest BCUT2D eigenvalue weighted by atomic mass is 10.1. The Balaban J connectivity index is 2.04. The summed E-state index contributed by atoms with van der Waals surface area (Å²) in [5.41, 5.74) is 1.73. The minimum Gasteiger partial charge on any atom is -0.339 e. The molecule has 0 aliphatic rings. The van der Waals surface area contributed by atoms with Crippen LogP contribution in [0, 0.1) is 12.7 Å². The molecule has 7 heteroatoms. The molecule has 1 N–H and O–H groups in total. The molecule has 0 fully saturated rings. The Morgan fingerprint density at radius 3 is 2.76 bits per heavy atom. The summed E-state index contributed by atoms with van der Waals surface area (Å²) in [6.45, 7) is 4.53. The molecule has 0 atom stereocenters. The Hall–Kier alpha value is -2.15. The first kappa shape index (κ1) is 19.2. The van der Waals surface area contributed by atoms with Crippen LogP contribution < -0.4 is 5.56 Å². The monoisotopic (exact) mass is 363 g/mol. The minimum atomic E-state index is -0.317. The summed E-state index contributed by atoms with van der Waals surface area (Å²) in [4.78, 5) is 33.3. The van der Waals surface area contributed by atoms with E-state index in [0.717, 1.165) is 5.56 Å². The zero-order chi connectivity index (χ0) is 18.4. The number of amides is 1. The van der Waals surface area contributed by atoms with Crippen LogP contribution in [0.5, 0.6) is 0 Å². The molecule has 0 radical (unpaired) electrons. The number of carbonyl (C=O) groups is 1. The van der Waals surface area contributed by atoms with E-state index in [-0.39, 0.29) is 23.7 Å². The number of nitrogens with zero attached hydrogens (tertiary/aromatic N) is 2. The van der Waals surface area contributed by atoms with Gasteiger partial charge in [0.25, 0.3) is 5.56 Å². The van der Waals surface area contributed by atoms with Crippen LogP contribution in [0.15, 0.2) is 34.2 Å². The zero-order valence-electron chi connectivity index (χ0n) is 14.6. The van der Waals surface area contributed by atoms with Gasteiger partial charge in [-0.2, -0.15) is 0 Å². The Kier molecular flexibility index (Phi) is 6.75. The summed E-state index contributed by atoms with van der Waals surface area (Å²) in [6.07, 6.45) is 2.39. The number of benzene rings is 1. The van der Waals surface area contributed by atoms with Crippen molar-refractivity contribution in [3.63, 3.8) is 0 Å². The lowest BCUT2D eigenvalue weighted by Gasteiger charge is -2.21. The van der Waals surface area contributed by atoms with Crippen molar-refractivity contribution in [1.29, 1.82) is 0 Å². The van der Waals surface area contributed by atoms with Gasteiger partial charge in [-0.3, -0.25) is 9.59 Å². The van der Waals surface area contributed by atoms with Crippen molar-refractivity contribution in [3.05, 3.63) is 57.3 Å². The second-order valence-electron chi connectivity index (χ2n) is 5.68. The average Bonchev–Trinajstić information content (AvgIpc) is 2.58. The van der Waals surface area contributed by atoms with E-state index in [0.29, 0.717) is 35.9 Å². The highest BCUT2D eigenvalue weighted by Crippen LogP contribution is 2.12. The smallest absolute Gasteiger partial charge is 0.254 e. The molecule has 0 saturated heterocycles. The van der Waals surface area contributed by atoms with Crippen molar-refractivity contribution in [3.8, 4) is 0 Å². The van der Waals surface area contributed by atoms with Gasteiger partial charge in [0.05, 0.1) is 0 Å². The first-order valence-electron chi connectivity index (χ1n) is 8.10. The molecule has 1 amide bonds. The highest BCUT2D eigenvalue weighted by Gasteiger charge is 2.15. The zero-order valence-corrected chi connectivity index (χ0v) is 15.5. The standard InChI is InChI=1S/C18H22FN3O2S/c1-4-22(11-13-6-5-7-14(19)10-13)16(23)9-8-15-12(2)20-18(25-3)21-17(15)24/h5-7,10H,4,8-9,11H2,1-3H3,(H,20,21,24). The third-order valence-electron chi connectivity index (χ3n) is 3.98. The fourth-order valence-electron chi connectivity index (χ4n) is 2.60. The molecule has 0 bridgehead atoms. The summed E-state index contributed by atoms with van der Waals surface area (Å²) >= 11 is 1.37. The molecule has 0 aliphatic carbocycles. The molecule has 0 unspecified atom stereocenters. The molecule has 1 aromatic carbocycles. The number of thioether (sulfide) groups is 1. The van der Waals surface area contributed by atoms with Crippen LogP contribution >= 0.6 is 11.8 Å². The maximum atomic E-state index is 13.3. The molecule has 0 saturated carbocycles. The number of aryl methyl sites for hydroxylation is 1. The van der Waals surface area contributed by atoms with Crippen LogP contribution in [0.2, 0.25) is 0 Å². The number of hydrogen-bond donors (Lipinski definition) is 1. The third kappa shape index (κ3) is 5.16. The fourth-order valence-corrected chi connectivity index (χ4v) is 3.02. The largest absolute Gasteiger partial charge is 0.339 e. The number of hydrogen-bond acceptors (Lipinski definition) is 4. The molecule has 134 valence electrons. The molecule has 0 spiro atoms. The van der Waals surface area contributed by atoms with Crippen molar-refractivity contribution in [2.24, 2.45) is 0 Å². The Morgan fingerprint density at radius 2 is 2.16 bits per heavy atom. The number of aromatic nitrogens is 2. The van der Waals surface area contributed by atoms with Crippen LogP contribution in [0.4, 0.5) is 4.39 Å². The lowest BCUT2D eigenvalue weighted by molar-refractivity contribution is -0.131. The Labute approximate surface area is 150 Å². The van der Waals surface area contributed by atoms with Gasteiger partial charge in [0.15, 0.2) is 5.16 Å². The number of aromatic amines is 1. The number of halogens is 1. The van der Waals surface area contributed by atoms with E-state index >= 15 is 0 Å². The number of carbonyl (C=O) groups excluding carboxylic acids is 1. The van der Waals surface area contributed by atoms with Crippen molar-refractivity contribution in [2.45, 2.75) is 38.4 Å². The van der Waals surface area contributed by atoms with Crippen molar-refractivity contribution in [1.82, 2.24) is 14.9 Å². The average molecular weight is 363 g/mol. The van der Waals surface area contributed by atoms with E-state index in [1.165, 1.54) is 23.9 Å². The predicted molar refractivity (Wildman–Crippen MR) is 97.2 cm³/mol. The fraction of sp³-hybridized carbons (Fsp3) is 0.389. The second-order valence-corrected chi connectivity index (χ2v) is 6.47. The lowest BCUT2D eigenvalue weighted by Crippen LogP contribution is -2.31. The van der Waals surface area contributed by atoms with Crippen LogP contribution in [0.3, 0.4) is 0 Å². The normalized spacial score (nSPS) is 10.7. The quantitative estimate of drug-likeness (QED) is 0.607. The van der Waals surface area contributed by atoms with Crippen LogP contribution in [0.1, 0.15) is 30.2 Å². The first-order valence-corrected chi connectivity index (χ1v) is 9.33. The minimum absolute atomic E-state index is 0.0699. The summed E-state index contributed by atoms with van der Waals surface area (Å²) < 4.78 is 13.3. The maximum absolute atomic E-state index is 13.3. The summed E-state index contributed by atoms with van der Waals surface area (Å²) in [7, 11) is 0. The molecule has 1 aromatic heterocycles. The molecular weight excluding hydrogens is 341 g/mol.